The van der Waals surface area contributed by atoms with Crippen molar-refractivity contribution in [2.45, 2.75) is 27.0 Å². The lowest BCUT2D eigenvalue weighted by Crippen LogP contribution is -2.19. The zero-order chi connectivity index (χ0) is 21.5. The highest BCUT2D eigenvalue weighted by Gasteiger charge is 2.11. The van der Waals surface area contributed by atoms with Gasteiger partial charge in [0.15, 0.2) is 17.3 Å². The molecule has 30 heavy (non-hydrogen) atoms. The molecule has 3 aromatic rings. The molecule has 0 spiro atoms. The Kier molecular flexibility index (Phi) is 7.18. The minimum Gasteiger partial charge on any atom is -0.490 e. The number of alkyl halides is 2. The minimum atomic E-state index is -2.95. The highest BCUT2D eigenvalue weighted by Crippen LogP contribution is 2.30. The number of hydrogen-bond acceptors (Lipinski definition) is 6. The van der Waals surface area contributed by atoms with Crippen LogP contribution >= 0.6 is 11.3 Å². The Labute approximate surface area is 176 Å². The summed E-state index contributed by atoms with van der Waals surface area (Å²) < 4.78 is 40.4. The Morgan fingerprint density at radius 3 is 2.83 bits per heavy atom. The number of carbonyl (C=O) groups excluding carboxylic acids is 1. The van der Waals surface area contributed by atoms with Crippen LogP contribution in [0.5, 0.6) is 11.5 Å². The van der Waals surface area contributed by atoms with Crippen LogP contribution in [0.4, 0.5) is 8.78 Å². The predicted octanol–water partition coefficient (Wildman–Crippen LogP) is 5.04. The van der Waals surface area contributed by atoms with Crippen LogP contribution in [-0.4, -0.2) is 24.1 Å². The summed E-state index contributed by atoms with van der Waals surface area (Å²) in [5.74, 6) is 1.04. The monoisotopic (exact) mass is 434 g/mol. The van der Waals surface area contributed by atoms with Crippen LogP contribution < -0.4 is 14.8 Å². The summed E-state index contributed by atoms with van der Waals surface area (Å²) in [5, 5.41) is 5.58. The van der Waals surface area contributed by atoms with E-state index in [-0.39, 0.29) is 24.0 Å². The second-order valence-electron chi connectivity index (χ2n) is 6.09. The van der Waals surface area contributed by atoms with E-state index in [4.69, 9.17) is 9.15 Å². The quantitative estimate of drug-likeness (QED) is 0.478. The predicted molar refractivity (Wildman–Crippen MR) is 110 cm³/mol. The number of hydrogen-bond donors (Lipinski definition) is 1. The van der Waals surface area contributed by atoms with Crippen molar-refractivity contribution in [3.8, 4) is 23.0 Å². The Morgan fingerprint density at radius 2 is 2.13 bits per heavy atom. The van der Waals surface area contributed by atoms with Gasteiger partial charge < -0.3 is 19.2 Å². The summed E-state index contributed by atoms with van der Waals surface area (Å²) in [4.78, 5) is 16.4. The normalized spacial score (nSPS) is 11.2. The number of nitrogens with zero attached hydrogens (tertiary/aromatic N) is 1. The van der Waals surface area contributed by atoms with Gasteiger partial charge in [0.2, 0.25) is 5.91 Å². The van der Waals surface area contributed by atoms with E-state index in [2.05, 4.69) is 15.0 Å². The number of carbonyl (C=O) groups is 1. The molecule has 0 saturated heterocycles. The number of aromatic nitrogens is 1. The number of furan rings is 1. The van der Waals surface area contributed by atoms with Crippen LogP contribution in [0, 0.1) is 6.92 Å². The standard InChI is InChI=1S/C21H20F2N2O4S/c1-3-27-19-10-14(4-7-18(19)29-21(22)23)5-9-20(26)24-11-15-6-8-17(28-15)16-12-30-13(2)25-16/h4-10,12,21H,3,11H2,1-2H3,(H,24,26)/b9-5+. The Hall–Kier alpha value is -3.20. The molecular weight excluding hydrogens is 414 g/mol. The SMILES string of the molecule is CCOc1cc(/C=C/C(=O)NCc2ccc(-c3csc(C)n3)o2)ccc1OC(F)F. The van der Waals surface area contributed by atoms with Gasteiger partial charge in [0.25, 0.3) is 0 Å². The van der Waals surface area contributed by atoms with Crippen LogP contribution in [-0.2, 0) is 11.3 Å². The number of rotatable bonds is 9. The molecule has 158 valence electrons. The number of thiazole rings is 1. The van der Waals surface area contributed by atoms with E-state index < -0.39 is 6.61 Å². The molecule has 0 unspecified atom stereocenters. The van der Waals surface area contributed by atoms with Gasteiger partial charge in [-0.05, 0) is 49.8 Å². The van der Waals surface area contributed by atoms with Crippen molar-refractivity contribution >= 4 is 23.3 Å². The van der Waals surface area contributed by atoms with Crippen LogP contribution in [0.15, 0.2) is 46.2 Å². The van der Waals surface area contributed by atoms with Crippen molar-refractivity contribution in [2.24, 2.45) is 0 Å². The maximum atomic E-state index is 12.5. The molecule has 0 aliphatic heterocycles. The largest absolute Gasteiger partial charge is 0.490 e. The molecule has 0 aliphatic rings. The molecule has 2 aromatic heterocycles. The van der Waals surface area contributed by atoms with Crippen molar-refractivity contribution in [3.63, 3.8) is 0 Å². The van der Waals surface area contributed by atoms with Crippen molar-refractivity contribution in [3.05, 3.63) is 58.1 Å². The highest BCUT2D eigenvalue weighted by atomic mass is 32.1. The average Bonchev–Trinajstić information content (AvgIpc) is 3.35. The van der Waals surface area contributed by atoms with Crippen molar-refractivity contribution in [1.82, 2.24) is 10.3 Å². The first-order chi connectivity index (χ1) is 14.4. The topological polar surface area (TPSA) is 73.6 Å². The Morgan fingerprint density at radius 1 is 1.30 bits per heavy atom. The third kappa shape index (κ3) is 5.90. The second-order valence-corrected chi connectivity index (χ2v) is 7.15. The summed E-state index contributed by atoms with van der Waals surface area (Å²) >= 11 is 1.53. The lowest BCUT2D eigenvalue weighted by Gasteiger charge is -2.11. The fraction of sp³-hybridized carbons (Fsp3) is 0.238. The Balaban J connectivity index is 1.58. The lowest BCUT2D eigenvalue weighted by molar-refractivity contribution is -0.116. The zero-order valence-electron chi connectivity index (χ0n) is 16.4. The Bertz CT molecular complexity index is 1030. The highest BCUT2D eigenvalue weighted by molar-refractivity contribution is 7.09. The van der Waals surface area contributed by atoms with Gasteiger partial charge in [-0.3, -0.25) is 4.79 Å². The molecule has 1 N–H and O–H groups in total. The molecule has 9 heteroatoms. The van der Waals surface area contributed by atoms with Gasteiger partial charge in [-0.25, -0.2) is 4.98 Å². The van der Waals surface area contributed by atoms with E-state index in [0.29, 0.717) is 23.7 Å². The molecule has 0 aliphatic carbocycles. The average molecular weight is 434 g/mol. The summed E-state index contributed by atoms with van der Waals surface area (Å²) in [6.45, 7) is 1.22. The smallest absolute Gasteiger partial charge is 0.387 e. The first kappa shape index (κ1) is 21.5. The molecule has 0 radical (unpaired) electrons. The van der Waals surface area contributed by atoms with Crippen LogP contribution in [0.25, 0.3) is 17.5 Å². The fourth-order valence-corrected chi connectivity index (χ4v) is 3.18. The third-order valence-corrected chi connectivity index (χ3v) is 4.65. The summed E-state index contributed by atoms with van der Waals surface area (Å²) in [7, 11) is 0. The number of halogens is 2. The van der Waals surface area contributed by atoms with Gasteiger partial charge in [-0.15, -0.1) is 11.3 Å². The second kappa shape index (κ2) is 10.0. The number of nitrogens with one attached hydrogen (secondary N) is 1. The van der Waals surface area contributed by atoms with E-state index in [0.717, 1.165) is 10.7 Å². The number of aryl methyl sites for hydroxylation is 1. The molecular formula is C21H20F2N2O4S. The van der Waals surface area contributed by atoms with Gasteiger partial charge in [-0.1, -0.05) is 6.07 Å². The van der Waals surface area contributed by atoms with Crippen LogP contribution in [0.3, 0.4) is 0 Å². The lowest BCUT2D eigenvalue weighted by atomic mass is 10.2. The summed E-state index contributed by atoms with van der Waals surface area (Å²) in [5.41, 5.74) is 1.37. The molecule has 3 rings (SSSR count). The molecule has 0 atom stereocenters. The van der Waals surface area contributed by atoms with Crippen LogP contribution in [0.1, 0.15) is 23.3 Å². The van der Waals surface area contributed by atoms with E-state index >= 15 is 0 Å². The maximum Gasteiger partial charge on any atom is 0.387 e. The number of amides is 1. The molecule has 1 amide bonds. The fourth-order valence-electron chi connectivity index (χ4n) is 2.58. The van der Waals surface area contributed by atoms with Crippen molar-refractivity contribution in [1.29, 1.82) is 0 Å². The minimum absolute atomic E-state index is 0.0580. The van der Waals surface area contributed by atoms with Gasteiger partial charge in [-0.2, -0.15) is 8.78 Å². The number of ether oxygens (including phenoxy) is 2. The summed E-state index contributed by atoms with van der Waals surface area (Å²) in [6.07, 6.45) is 2.89. The molecule has 6 nitrogen and oxygen atoms in total. The molecule has 1 aromatic carbocycles. The first-order valence-electron chi connectivity index (χ1n) is 9.13. The molecule has 2 heterocycles. The molecule has 0 bridgehead atoms. The molecule has 0 fully saturated rings. The van der Waals surface area contributed by atoms with Gasteiger partial charge in [0.05, 0.1) is 18.2 Å². The maximum absolute atomic E-state index is 12.5. The van der Waals surface area contributed by atoms with E-state index in [1.165, 1.54) is 29.5 Å². The number of benzene rings is 1. The van der Waals surface area contributed by atoms with Gasteiger partial charge >= 0.3 is 6.61 Å². The van der Waals surface area contributed by atoms with E-state index in [9.17, 15) is 13.6 Å². The zero-order valence-corrected chi connectivity index (χ0v) is 17.2. The van der Waals surface area contributed by atoms with E-state index in [1.807, 2.05) is 18.4 Å². The third-order valence-electron chi connectivity index (χ3n) is 3.88. The van der Waals surface area contributed by atoms with Gasteiger partial charge in [0, 0.05) is 11.5 Å². The van der Waals surface area contributed by atoms with Crippen LogP contribution in [0.2, 0.25) is 0 Å². The van der Waals surface area contributed by atoms with Crippen molar-refractivity contribution in [2.75, 3.05) is 6.61 Å². The van der Waals surface area contributed by atoms with Gasteiger partial charge in [0.1, 0.15) is 11.5 Å². The van der Waals surface area contributed by atoms with E-state index in [1.54, 1.807) is 25.1 Å². The molecule has 0 saturated carbocycles. The first-order valence-corrected chi connectivity index (χ1v) is 10.0. The van der Waals surface area contributed by atoms with Crippen molar-refractivity contribution < 1.29 is 27.5 Å². The summed E-state index contributed by atoms with van der Waals surface area (Å²) in [6, 6.07) is 8.05.